The Morgan fingerprint density at radius 2 is 1.53 bits per heavy atom. The standard InChI is InChI=1S/C38H45N7O6.C3H8.C2H6O.C2H6/c1-7-13-44(34(46)19-40-36(47)49-6)20-32-39-18-30(42-32)24-9-11-26-25(15-24)22-50-31-17-27-23(16-28(26)31)10-12-29-35(27)43-33(41-29)21-45(14-8-2)37(48)51-38(3,4)5;2*1-3-2;1-2/h9-12,15-18H,7-8,13-14,19-22H2,1-6H3,(H,39,42)(H,40,47)(H,41,43);3H2,1-2H3;1-2H3;1-2H3. The summed E-state index contributed by atoms with van der Waals surface area (Å²) in [5.41, 5.74) is 6.06. The van der Waals surface area contributed by atoms with E-state index in [4.69, 9.17) is 14.5 Å². The van der Waals surface area contributed by atoms with Gasteiger partial charge in [-0.1, -0.05) is 66.2 Å². The average molecular weight is 816 g/mol. The number of carbonyl (C=O) groups excluding carboxylic acids is 3. The van der Waals surface area contributed by atoms with Gasteiger partial charge >= 0.3 is 12.2 Å². The normalized spacial score (nSPS) is 11.3. The largest absolute Gasteiger partial charge is 0.488 e. The Morgan fingerprint density at radius 3 is 2.17 bits per heavy atom. The second-order valence-corrected chi connectivity index (χ2v) is 14.8. The Labute approximate surface area is 349 Å². The number of nitrogens with zero attached hydrogens (tertiary/aromatic N) is 4. The zero-order valence-electron chi connectivity index (χ0n) is 37.1. The monoisotopic (exact) mass is 815 g/mol. The van der Waals surface area contributed by atoms with E-state index in [-0.39, 0.29) is 25.1 Å². The Morgan fingerprint density at radius 1 is 0.864 bits per heavy atom. The Bertz CT molecular complexity index is 2120. The predicted molar refractivity (Wildman–Crippen MR) is 234 cm³/mol. The molecular formula is C45H65N7O7. The van der Waals surface area contributed by atoms with Crippen molar-refractivity contribution in [1.29, 1.82) is 0 Å². The number of nitrogens with one attached hydrogen (secondary N) is 3. The van der Waals surface area contributed by atoms with Crippen LogP contribution in [-0.2, 0) is 38.7 Å². The van der Waals surface area contributed by atoms with Crippen LogP contribution in [0, 0.1) is 0 Å². The molecule has 3 aromatic carbocycles. The summed E-state index contributed by atoms with van der Waals surface area (Å²) in [6.45, 7) is 19.8. The van der Waals surface area contributed by atoms with Crippen molar-refractivity contribution < 1.29 is 33.3 Å². The van der Waals surface area contributed by atoms with Crippen molar-refractivity contribution >= 4 is 39.9 Å². The molecule has 2 aromatic heterocycles. The fourth-order valence-corrected chi connectivity index (χ4v) is 6.26. The van der Waals surface area contributed by atoms with Crippen LogP contribution in [0.4, 0.5) is 9.59 Å². The molecule has 0 aliphatic carbocycles. The van der Waals surface area contributed by atoms with Crippen molar-refractivity contribution in [1.82, 2.24) is 35.1 Å². The van der Waals surface area contributed by atoms with Crippen molar-refractivity contribution in [2.24, 2.45) is 0 Å². The number of fused-ring (bicyclic) bond motifs is 6. The third-order valence-electron chi connectivity index (χ3n) is 8.58. The number of alkyl carbamates (subject to hydrolysis) is 1. The lowest BCUT2D eigenvalue weighted by Gasteiger charge is -2.26. The minimum atomic E-state index is -0.649. The molecule has 0 spiro atoms. The second kappa shape index (κ2) is 23.1. The van der Waals surface area contributed by atoms with Crippen molar-refractivity contribution in [2.45, 2.75) is 107 Å². The Kier molecular flexibility index (Phi) is 18.7. The van der Waals surface area contributed by atoms with E-state index in [0.717, 1.165) is 68.3 Å². The summed E-state index contributed by atoms with van der Waals surface area (Å²) in [5, 5.41) is 4.44. The van der Waals surface area contributed by atoms with Gasteiger partial charge in [0.2, 0.25) is 5.91 Å². The number of benzene rings is 3. The van der Waals surface area contributed by atoms with Crippen LogP contribution in [-0.4, -0.2) is 94.4 Å². The molecule has 6 rings (SSSR count). The predicted octanol–water partition coefficient (Wildman–Crippen LogP) is 9.61. The van der Waals surface area contributed by atoms with Gasteiger partial charge in [0.05, 0.1) is 43.1 Å². The molecule has 5 aromatic rings. The minimum absolute atomic E-state index is 0.150. The highest BCUT2D eigenvalue weighted by Crippen LogP contribution is 2.42. The smallest absolute Gasteiger partial charge is 0.410 e. The number of H-pyrrole nitrogens is 2. The van der Waals surface area contributed by atoms with Gasteiger partial charge in [0, 0.05) is 38.3 Å². The molecule has 0 atom stereocenters. The molecule has 59 heavy (non-hydrogen) atoms. The number of imidazole rings is 2. The second-order valence-electron chi connectivity index (χ2n) is 14.8. The molecule has 0 saturated heterocycles. The molecule has 3 amide bonds. The molecule has 0 fully saturated rings. The fraction of sp³-hybridized carbons (Fsp3) is 0.489. The van der Waals surface area contributed by atoms with Crippen molar-refractivity contribution in [3.8, 4) is 28.1 Å². The highest BCUT2D eigenvalue weighted by molar-refractivity contribution is 6.07. The molecule has 3 N–H and O–H groups in total. The van der Waals surface area contributed by atoms with Gasteiger partial charge in [-0.05, 0) is 80.0 Å². The number of ether oxygens (including phenoxy) is 4. The lowest BCUT2D eigenvalue weighted by Crippen LogP contribution is -2.40. The number of hydrogen-bond acceptors (Lipinski definition) is 9. The SMILES string of the molecule is CC.CCC.CCCN(Cc1ncc(-c2ccc3c(c2)COc2cc4c(ccc5[nH]c(CN(CCC)C(=O)OC(C)(C)C)nc54)cc2-3)[nH]1)C(=O)CNC(=O)OC.COC. The van der Waals surface area contributed by atoms with E-state index >= 15 is 0 Å². The van der Waals surface area contributed by atoms with Gasteiger partial charge in [-0.15, -0.1) is 0 Å². The van der Waals surface area contributed by atoms with Crippen LogP contribution in [0.15, 0.2) is 48.7 Å². The van der Waals surface area contributed by atoms with Crippen LogP contribution in [0.25, 0.3) is 44.2 Å². The molecule has 14 nitrogen and oxygen atoms in total. The van der Waals surface area contributed by atoms with E-state index in [0.29, 0.717) is 37.9 Å². The van der Waals surface area contributed by atoms with Crippen molar-refractivity contribution in [3.63, 3.8) is 0 Å². The maximum atomic E-state index is 12.9. The number of methoxy groups -OCH3 is 2. The molecule has 322 valence electrons. The molecule has 14 heteroatoms. The van der Waals surface area contributed by atoms with E-state index in [1.54, 1.807) is 30.2 Å². The molecule has 0 unspecified atom stereocenters. The molecular weight excluding hydrogens is 751 g/mol. The van der Waals surface area contributed by atoms with Crippen LogP contribution < -0.4 is 10.1 Å². The molecule has 1 aliphatic heterocycles. The minimum Gasteiger partial charge on any atom is -0.488 e. The lowest BCUT2D eigenvalue weighted by atomic mass is 9.92. The summed E-state index contributed by atoms with van der Waals surface area (Å²) in [6.07, 6.45) is 3.58. The van der Waals surface area contributed by atoms with Gasteiger partial charge in [-0.2, -0.15) is 0 Å². The highest BCUT2D eigenvalue weighted by Gasteiger charge is 2.24. The Hall–Kier alpha value is -5.63. The topological polar surface area (TPSA) is 164 Å². The van der Waals surface area contributed by atoms with Crippen LogP contribution >= 0.6 is 0 Å². The van der Waals surface area contributed by atoms with Crippen LogP contribution in [0.5, 0.6) is 5.75 Å². The summed E-state index contributed by atoms with van der Waals surface area (Å²) in [6, 6.07) is 14.6. The summed E-state index contributed by atoms with van der Waals surface area (Å²) >= 11 is 0. The maximum Gasteiger partial charge on any atom is 0.410 e. The molecule has 0 saturated carbocycles. The highest BCUT2D eigenvalue weighted by atomic mass is 16.6. The number of aromatic amines is 2. The molecule has 1 aliphatic rings. The lowest BCUT2D eigenvalue weighted by molar-refractivity contribution is -0.130. The molecule has 0 radical (unpaired) electrons. The van der Waals surface area contributed by atoms with Gasteiger partial charge in [0.25, 0.3) is 0 Å². The first-order valence-corrected chi connectivity index (χ1v) is 20.5. The van der Waals surface area contributed by atoms with Gasteiger partial charge in [-0.3, -0.25) is 4.79 Å². The number of rotatable bonds is 11. The van der Waals surface area contributed by atoms with E-state index < -0.39 is 11.7 Å². The quantitative estimate of drug-likeness (QED) is 0.118. The van der Waals surface area contributed by atoms with E-state index in [1.807, 2.05) is 54.5 Å². The number of carbonyl (C=O) groups is 3. The van der Waals surface area contributed by atoms with Gasteiger partial charge in [0.1, 0.15) is 36.2 Å². The first kappa shape index (κ1) is 47.7. The summed E-state index contributed by atoms with van der Waals surface area (Å²) < 4.78 is 20.8. The van der Waals surface area contributed by atoms with E-state index in [1.165, 1.54) is 13.5 Å². The van der Waals surface area contributed by atoms with Crippen LogP contribution in [0.3, 0.4) is 0 Å². The number of aromatic nitrogens is 4. The van der Waals surface area contributed by atoms with E-state index in [9.17, 15) is 14.4 Å². The summed E-state index contributed by atoms with van der Waals surface area (Å²) in [7, 11) is 4.51. The average Bonchev–Trinajstić information content (AvgIpc) is 3.86. The van der Waals surface area contributed by atoms with Crippen molar-refractivity contribution in [3.05, 3.63) is 65.9 Å². The number of hydrogen-bond donors (Lipinski definition) is 3. The van der Waals surface area contributed by atoms with Gasteiger partial charge in [0.15, 0.2) is 0 Å². The zero-order valence-corrected chi connectivity index (χ0v) is 37.1. The zero-order chi connectivity index (χ0) is 43.7. The number of amides is 3. The summed E-state index contributed by atoms with van der Waals surface area (Å²) in [4.78, 5) is 56.6. The van der Waals surface area contributed by atoms with Gasteiger partial charge < -0.3 is 44.0 Å². The first-order chi connectivity index (χ1) is 28.3. The third-order valence-corrected chi connectivity index (χ3v) is 8.58. The third kappa shape index (κ3) is 13.2. The molecule has 3 heterocycles. The summed E-state index contributed by atoms with van der Waals surface area (Å²) in [5.74, 6) is 1.90. The van der Waals surface area contributed by atoms with E-state index in [2.05, 4.69) is 80.0 Å². The Balaban J connectivity index is 0.00000108. The fourth-order valence-electron chi connectivity index (χ4n) is 6.26. The molecule has 0 bridgehead atoms. The maximum absolute atomic E-state index is 12.9. The van der Waals surface area contributed by atoms with Crippen LogP contribution in [0.1, 0.15) is 98.8 Å². The van der Waals surface area contributed by atoms with Gasteiger partial charge in [-0.25, -0.2) is 19.6 Å². The van der Waals surface area contributed by atoms with Crippen molar-refractivity contribution in [2.75, 3.05) is 41.0 Å². The first-order valence-electron chi connectivity index (χ1n) is 20.5. The van der Waals surface area contributed by atoms with Crippen LogP contribution in [0.2, 0.25) is 0 Å².